The fraction of sp³-hybridized carbons (Fsp3) is 0.467. The maximum absolute atomic E-state index is 14.4. The van der Waals surface area contributed by atoms with E-state index in [4.69, 9.17) is 16.3 Å². The minimum atomic E-state index is -2.43. The zero-order valence-corrected chi connectivity index (χ0v) is 14.0. The predicted octanol–water partition coefficient (Wildman–Crippen LogP) is -2.02. The molecule has 1 saturated heterocycles. The maximum Gasteiger partial charge on any atom is 0.285 e. The number of aromatic nitrogens is 3. The van der Waals surface area contributed by atoms with Crippen LogP contribution in [0.1, 0.15) is 13.2 Å². The summed E-state index contributed by atoms with van der Waals surface area (Å²) in [6, 6.07) is 0. The van der Waals surface area contributed by atoms with Gasteiger partial charge in [-0.25, -0.2) is 8.78 Å². The van der Waals surface area contributed by atoms with Crippen molar-refractivity contribution in [1.82, 2.24) is 14.2 Å². The second kappa shape index (κ2) is 6.46. The molecule has 10 nitrogen and oxygen atoms in total. The van der Waals surface area contributed by atoms with E-state index in [1.807, 2.05) is 5.92 Å². The molecule has 0 amide bonds. The summed E-state index contributed by atoms with van der Waals surface area (Å²) in [4.78, 5) is 16.0. The molecule has 2 aromatic rings. The first-order chi connectivity index (χ1) is 12.6. The van der Waals surface area contributed by atoms with Crippen molar-refractivity contribution in [3.05, 3.63) is 22.4 Å². The average molecular weight is 385 g/mol. The van der Waals surface area contributed by atoms with E-state index in [1.165, 1.54) is 6.92 Å². The molecule has 5 atom stereocenters. The molecule has 0 radical (unpaired) electrons. The van der Waals surface area contributed by atoms with Crippen molar-refractivity contribution in [3.63, 3.8) is 0 Å². The standard InChI is InChI=1S/C15H17F2N5O5/c1-6(23)9-10(24)15(26,3-2-4-16)13(27-9)21-5-7(17)8-11(21)20-14(18)22(19)12(8)25/h5-6,9-10,13,23-24,26H,4,19H2,1H3,(H2,18,20)/t6-,9+,10?,13+,15+/m0/s1. The third kappa shape index (κ3) is 2.72. The number of ether oxygens (including phenoxy) is 1. The van der Waals surface area contributed by atoms with Crippen LogP contribution in [0.15, 0.2) is 11.0 Å². The zero-order chi connectivity index (χ0) is 20.1. The maximum atomic E-state index is 14.4. The lowest BCUT2D eigenvalue weighted by Gasteiger charge is -2.26. The molecule has 1 fully saturated rings. The van der Waals surface area contributed by atoms with Crippen LogP contribution >= 0.6 is 0 Å². The van der Waals surface area contributed by atoms with Gasteiger partial charge >= 0.3 is 0 Å². The highest BCUT2D eigenvalue weighted by Gasteiger charge is 2.57. The predicted molar refractivity (Wildman–Crippen MR) is 88.8 cm³/mol. The second-order valence-electron chi connectivity index (χ2n) is 6.13. The largest absolute Gasteiger partial charge is 0.391 e. The van der Waals surface area contributed by atoms with Gasteiger partial charge < -0.3 is 31.6 Å². The van der Waals surface area contributed by atoms with Crippen molar-refractivity contribution >= 4 is 17.0 Å². The molecule has 146 valence electrons. The first kappa shape index (κ1) is 19.1. The Balaban J connectivity index is 2.26. The average Bonchev–Trinajstić information content (AvgIpc) is 3.06. The number of aliphatic hydroxyl groups is 3. The number of fused-ring (bicyclic) bond motifs is 1. The van der Waals surface area contributed by atoms with E-state index in [9.17, 15) is 28.9 Å². The summed E-state index contributed by atoms with van der Waals surface area (Å²) >= 11 is 0. The van der Waals surface area contributed by atoms with Gasteiger partial charge in [-0.1, -0.05) is 11.8 Å². The fourth-order valence-electron chi connectivity index (χ4n) is 3.05. The Morgan fingerprint density at radius 1 is 1.56 bits per heavy atom. The van der Waals surface area contributed by atoms with Crippen LogP contribution in [-0.2, 0) is 4.74 Å². The highest BCUT2D eigenvalue weighted by Crippen LogP contribution is 2.41. The molecule has 1 aliphatic rings. The van der Waals surface area contributed by atoms with Crippen molar-refractivity contribution in [2.75, 3.05) is 18.3 Å². The van der Waals surface area contributed by atoms with Crippen LogP contribution < -0.4 is 17.1 Å². The van der Waals surface area contributed by atoms with Gasteiger partial charge in [0, 0.05) is 6.20 Å². The zero-order valence-electron chi connectivity index (χ0n) is 14.0. The molecule has 3 heterocycles. The second-order valence-corrected chi connectivity index (χ2v) is 6.13. The molecule has 0 saturated carbocycles. The van der Waals surface area contributed by atoms with Gasteiger partial charge in [0.05, 0.1) is 6.10 Å². The Morgan fingerprint density at radius 3 is 2.81 bits per heavy atom. The Bertz CT molecular complexity index is 1010. The Morgan fingerprint density at radius 2 is 2.22 bits per heavy atom. The lowest BCUT2D eigenvalue weighted by Crippen LogP contribution is -2.47. The number of anilines is 1. The van der Waals surface area contributed by atoms with Crippen LogP contribution in [0.2, 0.25) is 0 Å². The molecule has 0 aliphatic carbocycles. The summed E-state index contributed by atoms with van der Waals surface area (Å²) in [5, 5.41) is 30.5. The molecule has 27 heavy (non-hydrogen) atoms. The molecular formula is C15H17F2N5O5. The number of rotatable bonds is 2. The first-order valence-corrected chi connectivity index (χ1v) is 7.77. The number of hydrogen-bond acceptors (Lipinski definition) is 8. The van der Waals surface area contributed by atoms with Crippen molar-refractivity contribution in [3.8, 4) is 11.8 Å². The van der Waals surface area contributed by atoms with Crippen molar-refractivity contribution < 1.29 is 28.8 Å². The number of nitrogen functional groups attached to an aromatic ring is 2. The molecule has 0 bridgehead atoms. The van der Waals surface area contributed by atoms with E-state index in [-0.39, 0.29) is 5.65 Å². The summed E-state index contributed by atoms with van der Waals surface area (Å²) in [6.07, 6.45) is -5.20. The topological polar surface area (TPSA) is 162 Å². The molecule has 7 N–H and O–H groups in total. The SMILES string of the molecule is C[C@H](O)[C@H]1O[C@@H](n2cc(F)c3c(=O)n(N)c(N)nc32)[C@@](O)(C#CCF)C1O. The highest BCUT2D eigenvalue weighted by atomic mass is 19.1. The third-order valence-electron chi connectivity index (χ3n) is 4.37. The monoisotopic (exact) mass is 385 g/mol. The molecule has 3 rings (SSSR count). The van der Waals surface area contributed by atoms with Crippen LogP contribution in [0.3, 0.4) is 0 Å². The molecule has 1 unspecified atom stereocenters. The highest BCUT2D eigenvalue weighted by molar-refractivity contribution is 5.77. The minimum Gasteiger partial charge on any atom is -0.391 e. The molecule has 2 aromatic heterocycles. The number of nitrogens with zero attached hydrogens (tertiary/aromatic N) is 3. The normalized spacial score (nSPS) is 28.9. The van der Waals surface area contributed by atoms with Gasteiger partial charge in [-0.2, -0.15) is 9.66 Å². The lowest BCUT2D eigenvalue weighted by molar-refractivity contribution is -0.0846. The Kier molecular flexibility index (Phi) is 4.56. The first-order valence-electron chi connectivity index (χ1n) is 7.77. The third-order valence-corrected chi connectivity index (χ3v) is 4.37. The van der Waals surface area contributed by atoms with E-state index in [2.05, 4.69) is 10.9 Å². The molecule has 12 heteroatoms. The minimum absolute atomic E-state index is 0.333. The fourth-order valence-corrected chi connectivity index (χ4v) is 3.05. The lowest BCUT2D eigenvalue weighted by atomic mass is 9.92. The Labute approximate surface area is 150 Å². The van der Waals surface area contributed by atoms with E-state index < -0.39 is 59.5 Å². The number of hydrogen-bond donors (Lipinski definition) is 5. The van der Waals surface area contributed by atoms with Crippen LogP contribution in [0, 0.1) is 17.7 Å². The van der Waals surface area contributed by atoms with Crippen LogP contribution in [0.25, 0.3) is 11.0 Å². The van der Waals surface area contributed by atoms with Crippen molar-refractivity contribution in [1.29, 1.82) is 0 Å². The van der Waals surface area contributed by atoms with Gasteiger partial charge in [0.15, 0.2) is 23.3 Å². The van der Waals surface area contributed by atoms with E-state index >= 15 is 0 Å². The molecule has 1 aliphatic heterocycles. The van der Waals surface area contributed by atoms with Gasteiger partial charge in [0.2, 0.25) is 5.95 Å². The number of alkyl halides is 1. The Hall–Kier alpha value is -2.72. The van der Waals surface area contributed by atoms with Gasteiger partial charge in [0.1, 0.15) is 24.3 Å². The van der Waals surface area contributed by atoms with Crippen molar-refractivity contribution in [2.24, 2.45) is 0 Å². The summed E-state index contributed by atoms with van der Waals surface area (Å²) < 4.78 is 33.7. The molecule has 0 spiro atoms. The summed E-state index contributed by atoms with van der Waals surface area (Å²) in [5.41, 5.74) is 1.78. The quantitative estimate of drug-likeness (QED) is 0.292. The van der Waals surface area contributed by atoms with Gasteiger partial charge in [0.25, 0.3) is 5.56 Å². The number of nitrogens with two attached hydrogens (primary N) is 2. The van der Waals surface area contributed by atoms with Gasteiger partial charge in [-0.3, -0.25) is 9.36 Å². The number of halogens is 2. The summed E-state index contributed by atoms with van der Waals surface area (Å²) in [7, 11) is 0. The molecular weight excluding hydrogens is 368 g/mol. The van der Waals surface area contributed by atoms with E-state index in [1.54, 1.807) is 0 Å². The van der Waals surface area contributed by atoms with E-state index in [0.717, 1.165) is 10.8 Å². The molecule has 0 aromatic carbocycles. The number of aliphatic hydroxyl groups excluding tert-OH is 2. The smallest absolute Gasteiger partial charge is 0.285 e. The van der Waals surface area contributed by atoms with Crippen LogP contribution in [0.4, 0.5) is 14.7 Å². The van der Waals surface area contributed by atoms with Crippen molar-refractivity contribution in [2.45, 2.75) is 37.1 Å². The van der Waals surface area contributed by atoms with Crippen LogP contribution in [-0.4, -0.2) is 60.1 Å². The summed E-state index contributed by atoms with van der Waals surface area (Å²) in [6.45, 7) is 0.155. The van der Waals surface area contributed by atoms with Crippen LogP contribution in [0.5, 0.6) is 0 Å². The van der Waals surface area contributed by atoms with Gasteiger partial charge in [-0.15, -0.1) is 0 Å². The summed E-state index contributed by atoms with van der Waals surface area (Å²) in [5.74, 6) is 8.04. The van der Waals surface area contributed by atoms with E-state index in [0.29, 0.717) is 4.68 Å². The van der Waals surface area contributed by atoms with Gasteiger partial charge in [-0.05, 0) is 6.92 Å².